The fourth-order valence-electron chi connectivity index (χ4n) is 1.34. The van der Waals surface area contributed by atoms with Crippen LogP contribution in [0, 0.1) is 5.92 Å². The molecule has 0 aliphatic rings. The van der Waals surface area contributed by atoms with Gasteiger partial charge in [0, 0.05) is 12.7 Å². The van der Waals surface area contributed by atoms with E-state index < -0.39 is 0 Å². The first kappa shape index (κ1) is 14.8. The maximum absolute atomic E-state index is 11.8. The van der Waals surface area contributed by atoms with E-state index in [9.17, 15) is 4.79 Å². The summed E-state index contributed by atoms with van der Waals surface area (Å²) < 4.78 is 0.742. The summed E-state index contributed by atoms with van der Waals surface area (Å²) in [5.74, 6) is 0.380. The molecule has 0 aliphatic carbocycles. The van der Waals surface area contributed by atoms with Gasteiger partial charge in [0.1, 0.15) is 6.04 Å². The molecular weight excluding hydrogens is 296 g/mol. The van der Waals surface area contributed by atoms with Crippen LogP contribution in [0.1, 0.15) is 20.8 Å². The Morgan fingerprint density at radius 2 is 2.11 bits per heavy atom. The Kier molecular flexibility index (Phi) is 5.40. The lowest BCUT2D eigenvalue weighted by molar-refractivity contribution is -0.121. The van der Waals surface area contributed by atoms with E-state index in [4.69, 9.17) is 5.73 Å². The van der Waals surface area contributed by atoms with E-state index in [1.807, 2.05) is 0 Å². The van der Waals surface area contributed by atoms with Gasteiger partial charge in [0.05, 0.1) is 22.0 Å². The highest BCUT2D eigenvalue weighted by Crippen LogP contribution is 2.27. The van der Waals surface area contributed by atoms with E-state index in [1.54, 1.807) is 19.3 Å². The molecule has 1 amide bonds. The molecule has 0 aromatic carbocycles. The number of amides is 1. The van der Waals surface area contributed by atoms with Crippen LogP contribution in [0.25, 0.3) is 0 Å². The Morgan fingerprint density at radius 3 is 2.67 bits per heavy atom. The predicted octanol–water partition coefficient (Wildman–Crippen LogP) is 2.00. The van der Waals surface area contributed by atoms with Crippen molar-refractivity contribution in [2.45, 2.75) is 26.8 Å². The first-order valence-corrected chi connectivity index (χ1v) is 6.64. The summed E-state index contributed by atoms with van der Waals surface area (Å²) in [5.41, 5.74) is 7.00. The zero-order valence-corrected chi connectivity index (χ0v) is 12.4. The quantitative estimate of drug-likeness (QED) is 0.776. The van der Waals surface area contributed by atoms with Crippen LogP contribution in [0.3, 0.4) is 0 Å². The van der Waals surface area contributed by atoms with Gasteiger partial charge in [-0.25, -0.2) is 0 Å². The molecule has 0 saturated heterocycles. The predicted molar refractivity (Wildman–Crippen MR) is 77.3 cm³/mol. The highest BCUT2D eigenvalue weighted by Gasteiger charge is 2.15. The van der Waals surface area contributed by atoms with E-state index in [0.717, 1.165) is 4.47 Å². The third kappa shape index (κ3) is 4.18. The molecule has 0 radical (unpaired) electrons. The molecule has 0 aliphatic heterocycles. The first-order chi connectivity index (χ1) is 8.41. The van der Waals surface area contributed by atoms with E-state index in [-0.39, 0.29) is 11.9 Å². The number of nitrogens with two attached hydrogens (primary N) is 1. The molecule has 1 unspecified atom stereocenters. The molecule has 0 saturated carbocycles. The number of nitrogens with one attached hydrogen (secondary N) is 2. The SMILES string of the molecule is CC(C)CNC(=O)C(C)Nc1c(N)cncc1Br. The molecule has 0 bridgehead atoms. The molecule has 18 heavy (non-hydrogen) atoms. The molecule has 1 atom stereocenters. The number of halogens is 1. The lowest BCUT2D eigenvalue weighted by Crippen LogP contribution is -2.39. The highest BCUT2D eigenvalue weighted by atomic mass is 79.9. The van der Waals surface area contributed by atoms with Crippen molar-refractivity contribution >= 4 is 33.2 Å². The normalized spacial score (nSPS) is 12.3. The van der Waals surface area contributed by atoms with Crippen molar-refractivity contribution in [2.75, 3.05) is 17.6 Å². The Balaban J connectivity index is 2.64. The van der Waals surface area contributed by atoms with Crippen LogP contribution in [0.2, 0.25) is 0 Å². The number of rotatable bonds is 5. The van der Waals surface area contributed by atoms with Crippen molar-refractivity contribution in [2.24, 2.45) is 5.92 Å². The van der Waals surface area contributed by atoms with Crippen molar-refractivity contribution < 1.29 is 4.79 Å². The summed E-state index contributed by atoms with van der Waals surface area (Å²) in [4.78, 5) is 15.8. The third-order valence-electron chi connectivity index (χ3n) is 2.37. The van der Waals surface area contributed by atoms with Crippen LogP contribution in [-0.4, -0.2) is 23.5 Å². The molecule has 0 spiro atoms. The number of hydrogen-bond donors (Lipinski definition) is 3. The van der Waals surface area contributed by atoms with Gasteiger partial charge in [-0.15, -0.1) is 0 Å². The van der Waals surface area contributed by atoms with Gasteiger partial charge in [-0.05, 0) is 28.8 Å². The van der Waals surface area contributed by atoms with Gasteiger partial charge in [0.2, 0.25) is 5.91 Å². The van der Waals surface area contributed by atoms with Gasteiger partial charge in [0.25, 0.3) is 0 Å². The minimum absolute atomic E-state index is 0.0492. The van der Waals surface area contributed by atoms with Gasteiger partial charge in [-0.2, -0.15) is 0 Å². The summed E-state index contributed by atoms with van der Waals surface area (Å²) in [5, 5.41) is 5.95. The maximum atomic E-state index is 11.8. The topological polar surface area (TPSA) is 80.0 Å². The van der Waals surface area contributed by atoms with Crippen LogP contribution in [0.5, 0.6) is 0 Å². The van der Waals surface area contributed by atoms with Crippen molar-refractivity contribution in [3.05, 3.63) is 16.9 Å². The standard InChI is InChI=1S/C12H19BrN4O/c1-7(2)4-16-12(18)8(3)17-11-9(13)5-15-6-10(11)14/h5-8H,4,14H2,1-3H3,(H,15,17)(H,16,18). The van der Waals surface area contributed by atoms with Crippen LogP contribution in [0.15, 0.2) is 16.9 Å². The first-order valence-electron chi connectivity index (χ1n) is 5.85. The van der Waals surface area contributed by atoms with E-state index in [0.29, 0.717) is 23.8 Å². The fraction of sp³-hybridized carbons (Fsp3) is 0.500. The van der Waals surface area contributed by atoms with Gasteiger partial charge in [-0.1, -0.05) is 13.8 Å². The second-order valence-electron chi connectivity index (χ2n) is 4.59. The zero-order valence-electron chi connectivity index (χ0n) is 10.8. The number of carbonyl (C=O) groups excluding carboxylic acids is 1. The highest BCUT2D eigenvalue weighted by molar-refractivity contribution is 9.10. The Bertz CT molecular complexity index is 402. The number of nitrogen functional groups attached to an aromatic ring is 1. The largest absolute Gasteiger partial charge is 0.396 e. The van der Waals surface area contributed by atoms with Crippen molar-refractivity contribution in [3.63, 3.8) is 0 Å². The number of hydrogen-bond acceptors (Lipinski definition) is 4. The Morgan fingerprint density at radius 1 is 1.44 bits per heavy atom. The second-order valence-corrected chi connectivity index (χ2v) is 5.44. The van der Waals surface area contributed by atoms with Gasteiger partial charge >= 0.3 is 0 Å². The fourth-order valence-corrected chi connectivity index (χ4v) is 1.80. The minimum atomic E-state index is -0.357. The lowest BCUT2D eigenvalue weighted by atomic mass is 10.2. The Hall–Kier alpha value is -1.30. The van der Waals surface area contributed by atoms with Crippen LogP contribution >= 0.6 is 15.9 Å². The molecular formula is C12H19BrN4O. The molecule has 1 rings (SSSR count). The number of anilines is 2. The van der Waals surface area contributed by atoms with Crippen LogP contribution in [0.4, 0.5) is 11.4 Å². The number of pyridine rings is 1. The van der Waals surface area contributed by atoms with Crippen molar-refractivity contribution in [1.82, 2.24) is 10.3 Å². The van der Waals surface area contributed by atoms with Gasteiger partial charge in [-0.3, -0.25) is 9.78 Å². The van der Waals surface area contributed by atoms with Crippen molar-refractivity contribution in [1.29, 1.82) is 0 Å². The average Bonchev–Trinajstić information content (AvgIpc) is 2.30. The van der Waals surface area contributed by atoms with Gasteiger partial charge < -0.3 is 16.4 Å². The summed E-state index contributed by atoms with van der Waals surface area (Å²) >= 11 is 3.35. The smallest absolute Gasteiger partial charge is 0.242 e. The Labute approximate surface area is 116 Å². The molecule has 5 nitrogen and oxygen atoms in total. The van der Waals surface area contributed by atoms with Crippen LogP contribution < -0.4 is 16.4 Å². The lowest BCUT2D eigenvalue weighted by Gasteiger charge is -2.18. The molecule has 1 heterocycles. The van der Waals surface area contributed by atoms with E-state index in [1.165, 1.54) is 0 Å². The summed E-state index contributed by atoms with van der Waals surface area (Å²) in [6.07, 6.45) is 3.18. The van der Waals surface area contributed by atoms with Gasteiger partial charge in [0.15, 0.2) is 0 Å². The third-order valence-corrected chi connectivity index (χ3v) is 2.97. The summed E-state index contributed by atoms with van der Waals surface area (Å²) in [6, 6.07) is -0.357. The van der Waals surface area contributed by atoms with Crippen molar-refractivity contribution in [3.8, 4) is 0 Å². The number of nitrogens with zero attached hydrogens (tertiary/aromatic N) is 1. The van der Waals surface area contributed by atoms with E-state index in [2.05, 4.69) is 45.4 Å². The number of carbonyl (C=O) groups is 1. The molecule has 6 heteroatoms. The minimum Gasteiger partial charge on any atom is -0.396 e. The zero-order chi connectivity index (χ0) is 13.7. The molecule has 100 valence electrons. The van der Waals surface area contributed by atoms with Crippen LogP contribution in [-0.2, 0) is 4.79 Å². The molecule has 1 aromatic heterocycles. The summed E-state index contributed by atoms with van der Waals surface area (Å²) in [7, 11) is 0. The summed E-state index contributed by atoms with van der Waals surface area (Å²) in [6.45, 7) is 6.56. The molecule has 4 N–H and O–H groups in total. The monoisotopic (exact) mass is 314 g/mol. The maximum Gasteiger partial charge on any atom is 0.242 e. The molecule has 0 fully saturated rings. The second kappa shape index (κ2) is 6.58. The van der Waals surface area contributed by atoms with E-state index >= 15 is 0 Å². The number of aromatic nitrogens is 1. The molecule has 1 aromatic rings. The average molecular weight is 315 g/mol.